The van der Waals surface area contributed by atoms with Gasteiger partial charge < -0.3 is 10.1 Å². The molecular formula is C18H21NO2. The monoisotopic (exact) mass is 283 g/mol. The lowest BCUT2D eigenvalue weighted by atomic mass is 10.1. The quantitative estimate of drug-likeness (QED) is 0.904. The van der Waals surface area contributed by atoms with Crippen LogP contribution >= 0.6 is 0 Å². The minimum absolute atomic E-state index is 0.0144. The van der Waals surface area contributed by atoms with E-state index in [9.17, 15) is 4.79 Å². The molecule has 21 heavy (non-hydrogen) atoms. The molecule has 2 rings (SSSR count). The molecule has 0 aliphatic carbocycles. The van der Waals surface area contributed by atoms with Crippen molar-refractivity contribution in [1.29, 1.82) is 0 Å². The number of hydrogen-bond acceptors (Lipinski definition) is 2. The summed E-state index contributed by atoms with van der Waals surface area (Å²) in [6, 6.07) is 13.7. The molecule has 3 nitrogen and oxygen atoms in total. The first-order chi connectivity index (χ1) is 10.1. The fraction of sp³-hybridized carbons (Fsp3) is 0.278. The van der Waals surface area contributed by atoms with Gasteiger partial charge in [0, 0.05) is 5.69 Å². The van der Waals surface area contributed by atoms with Gasteiger partial charge in [0.2, 0.25) is 0 Å². The lowest BCUT2D eigenvalue weighted by molar-refractivity contribution is -0.118. The van der Waals surface area contributed by atoms with Crippen LogP contribution in [0.5, 0.6) is 5.75 Å². The lowest BCUT2D eigenvalue weighted by Crippen LogP contribution is -2.20. The zero-order valence-electron chi connectivity index (χ0n) is 12.8. The number of rotatable bonds is 5. The van der Waals surface area contributed by atoms with E-state index in [0.717, 1.165) is 29.0 Å². The first kappa shape index (κ1) is 15.1. The van der Waals surface area contributed by atoms with E-state index in [0.29, 0.717) is 0 Å². The van der Waals surface area contributed by atoms with Crippen molar-refractivity contribution in [2.75, 3.05) is 11.9 Å². The van der Waals surface area contributed by atoms with Crippen molar-refractivity contribution in [3.63, 3.8) is 0 Å². The highest BCUT2D eigenvalue weighted by Crippen LogP contribution is 2.18. The molecule has 0 bridgehead atoms. The summed E-state index contributed by atoms with van der Waals surface area (Å²) in [7, 11) is 0. The Morgan fingerprint density at radius 3 is 2.67 bits per heavy atom. The molecule has 1 N–H and O–H groups in total. The van der Waals surface area contributed by atoms with E-state index >= 15 is 0 Å². The third-order valence-electron chi connectivity index (χ3n) is 3.56. The van der Waals surface area contributed by atoms with Gasteiger partial charge in [-0.15, -0.1) is 0 Å². The Bertz CT molecular complexity index is 635. The first-order valence-electron chi connectivity index (χ1n) is 7.18. The van der Waals surface area contributed by atoms with Crippen LogP contribution in [-0.2, 0) is 11.2 Å². The summed E-state index contributed by atoms with van der Waals surface area (Å²) in [6.45, 7) is 6.13. The van der Waals surface area contributed by atoms with Crippen molar-refractivity contribution >= 4 is 11.6 Å². The minimum atomic E-state index is -0.148. The fourth-order valence-electron chi connectivity index (χ4n) is 2.08. The molecule has 110 valence electrons. The predicted molar refractivity (Wildman–Crippen MR) is 85.9 cm³/mol. The molecule has 2 aromatic rings. The Labute approximate surface area is 126 Å². The van der Waals surface area contributed by atoms with E-state index in [2.05, 4.69) is 12.2 Å². The third-order valence-corrected chi connectivity index (χ3v) is 3.56. The van der Waals surface area contributed by atoms with Gasteiger partial charge in [-0.25, -0.2) is 0 Å². The largest absolute Gasteiger partial charge is 0.484 e. The van der Waals surface area contributed by atoms with Crippen molar-refractivity contribution in [3.05, 3.63) is 59.2 Å². The Kier molecular flexibility index (Phi) is 4.99. The second-order valence-electron chi connectivity index (χ2n) is 5.09. The van der Waals surface area contributed by atoms with Crippen LogP contribution in [0.25, 0.3) is 0 Å². The van der Waals surface area contributed by atoms with Gasteiger partial charge in [-0.2, -0.15) is 0 Å². The third kappa shape index (κ3) is 4.09. The van der Waals surface area contributed by atoms with E-state index in [4.69, 9.17) is 4.74 Å². The molecule has 0 radical (unpaired) electrons. The van der Waals surface area contributed by atoms with E-state index in [1.54, 1.807) is 0 Å². The molecule has 0 aliphatic heterocycles. The maximum absolute atomic E-state index is 12.0. The zero-order chi connectivity index (χ0) is 15.2. The molecule has 0 unspecified atom stereocenters. The normalized spacial score (nSPS) is 10.2. The Morgan fingerprint density at radius 2 is 1.90 bits per heavy atom. The van der Waals surface area contributed by atoms with Gasteiger partial charge in [-0.05, 0) is 55.2 Å². The molecule has 0 heterocycles. The fourth-order valence-corrected chi connectivity index (χ4v) is 2.08. The molecule has 0 aliphatic rings. The van der Waals surface area contributed by atoms with Crippen LogP contribution in [0.3, 0.4) is 0 Å². The van der Waals surface area contributed by atoms with Gasteiger partial charge in [-0.3, -0.25) is 4.79 Å². The van der Waals surface area contributed by atoms with Crippen LogP contribution in [-0.4, -0.2) is 12.5 Å². The number of nitrogens with one attached hydrogen (secondary N) is 1. The summed E-state index contributed by atoms with van der Waals surface area (Å²) >= 11 is 0. The number of ether oxygens (including phenoxy) is 1. The number of amides is 1. The number of hydrogen-bond donors (Lipinski definition) is 1. The van der Waals surface area contributed by atoms with Crippen molar-refractivity contribution in [3.8, 4) is 5.75 Å². The lowest BCUT2D eigenvalue weighted by Gasteiger charge is -2.11. The predicted octanol–water partition coefficient (Wildman–Crippen LogP) is 3.88. The summed E-state index contributed by atoms with van der Waals surface area (Å²) in [5.74, 6) is 0.580. The summed E-state index contributed by atoms with van der Waals surface area (Å²) in [4.78, 5) is 12.0. The number of benzene rings is 2. The summed E-state index contributed by atoms with van der Waals surface area (Å²) in [5, 5.41) is 2.89. The van der Waals surface area contributed by atoms with Crippen molar-refractivity contribution in [2.24, 2.45) is 0 Å². The Hall–Kier alpha value is -2.29. The smallest absolute Gasteiger partial charge is 0.262 e. The Morgan fingerprint density at radius 1 is 1.14 bits per heavy atom. The molecule has 3 heteroatoms. The molecule has 1 amide bonds. The van der Waals surface area contributed by atoms with Crippen LogP contribution in [0.1, 0.15) is 23.6 Å². The van der Waals surface area contributed by atoms with Gasteiger partial charge in [-0.1, -0.05) is 31.2 Å². The molecule has 0 aromatic heterocycles. The van der Waals surface area contributed by atoms with E-state index in [1.807, 2.05) is 56.3 Å². The van der Waals surface area contributed by atoms with Gasteiger partial charge in [0.05, 0.1) is 0 Å². The minimum Gasteiger partial charge on any atom is -0.484 e. The number of anilines is 1. The summed E-state index contributed by atoms with van der Waals surface area (Å²) < 4.78 is 5.54. The van der Waals surface area contributed by atoms with Crippen LogP contribution in [0.2, 0.25) is 0 Å². The molecular weight excluding hydrogens is 262 g/mol. The number of carbonyl (C=O) groups is 1. The van der Waals surface area contributed by atoms with Gasteiger partial charge in [0.25, 0.3) is 5.91 Å². The second kappa shape index (κ2) is 6.93. The van der Waals surface area contributed by atoms with Crippen molar-refractivity contribution in [1.82, 2.24) is 0 Å². The zero-order valence-corrected chi connectivity index (χ0v) is 12.8. The topological polar surface area (TPSA) is 38.3 Å². The van der Waals surface area contributed by atoms with Crippen LogP contribution < -0.4 is 10.1 Å². The molecule has 2 aromatic carbocycles. The van der Waals surface area contributed by atoms with E-state index in [1.165, 1.54) is 5.56 Å². The van der Waals surface area contributed by atoms with Crippen LogP contribution in [0.4, 0.5) is 5.69 Å². The molecule has 0 saturated carbocycles. The highest BCUT2D eigenvalue weighted by molar-refractivity contribution is 5.92. The van der Waals surface area contributed by atoms with E-state index < -0.39 is 0 Å². The first-order valence-corrected chi connectivity index (χ1v) is 7.18. The van der Waals surface area contributed by atoms with Gasteiger partial charge >= 0.3 is 0 Å². The molecule has 0 spiro atoms. The van der Waals surface area contributed by atoms with Crippen molar-refractivity contribution in [2.45, 2.75) is 27.2 Å². The van der Waals surface area contributed by atoms with Crippen molar-refractivity contribution < 1.29 is 9.53 Å². The molecule has 0 saturated heterocycles. The molecule has 0 atom stereocenters. The highest BCUT2D eigenvalue weighted by atomic mass is 16.5. The maximum atomic E-state index is 12.0. The molecule has 0 fully saturated rings. The summed E-state index contributed by atoms with van der Waals surface area (Å²) in [6.07, 6.45) is 0.950. The van der Waals surface area contributed by atoms with Crippen LogP contribution in [0.15, 0.2) is 42.5 Å². The van der Waals surface area contributed by atoms with Gasteiger partial charge in [0.1, 0.15) is 5.75 Å². The number of carbonyl (C=O) groups excluding carboxylic acids is 1. The van der Waals surface area contributed by atoms with Crippen LogP contribution in [0, 0.1) is 13.8 Å². The average Bonchev–Trinajstić information content (AvgIpc) is 2.50. The Balaban J connectivity index is 1.94. The average molecular weight is 283 g/mol. The second-order valence-corrected chi connectivity index (χ2v) is 5.09. The maximum Gasteiger partial charge on any atom is 0.262 e. The van der Waals surface area contributed by atoms with Gasteiger partial charge in [0.15, 0.2) is 6.61 Å². The van der Waals surface area contributed by atoms with E-state index in [-0.39, 0.29) is 12.5 Å². The standard InChI is InChI=1S/C18H21NO2/c1-4-15-8-6-9-16(11-15)21-12-18(20)19-17-10-5-7-13(2)14(17)3/h5-11H,4,12H2,1-3H3,(H,19,20). The highest BCUT2D eigenvalue weighted by Gasteiger charge is 2.07. The SMILES string of the molecule is CCc1cccc(OCC(=O)Nc2cccc(C)c2C)c1. The summed E-state index contributed by atoms with van der Waals surface area (Å²) in [5.41, 5.74) is 4.27. The number of aryl methyl sites for hydroxylation is 2.